The Balaban J connectivity index is 1.39. The zero-order valence-corrected chi connectivity index (χ0v) is 21.7. The summed E-state index contributed by atoms with van der Waals surface area (Å²) in [5.41, 5.74) is -3.47. The molecule has 11 heteroatoms. The molecule has 2 bridgehead atoms. The molecule has 6 rings (SSSR count). The van der Waals surface area contributed by atoms with Crippen molar-refractivity contribution in [2.24, 2.45) is 16.7 Å². The van der Waals surface area contributed by atoms with Crippen LogP contribution in [0.25, 0.3) is 0 Å². The lowest BCUT2D eigenvalue weighted by atomic mass is 9.49. The maximum absolute atomic E-state index is 13.0. The highest BCUT2D eigenvalue weighted by Crippen LogP contribution is 2.75. The number of allylic oxidation sites excluding steroid dienone is 2. The molecule has 38 heavy (non-hydrogen) atoms. The number of carbonyl (C=O) groups excluding carboxylic acids is 3. The van der Waals surface area contributed by atoms with Gasteiger partial charge in [0.25, 0.3) is 0 Å². The van der Waals surface area contributed by atoms with Gasteiger partial charge in [-0.3, -0.25) is 0 Å². The van der Waals surface area contributed by atoms with Crippen molar-refractivity contribution in [2.75, 3.05) is 19.8 Å². The Morgan fingerprint density at radius 2 is 1.66 bits per heavy atom. The van der Waals surface area contributed by atoms with E-state index in [2.05, 4.69) is 0 Å². The summed E-state index contributed by atoms with van der Waals surface area (Å²) in [7, 11) is 0. The minimum Gasteiger partial charge on any atom is -0.463 e. The van der Waals surface area contributed by atoms with Gasteiger partial charge >= 0.3 is 17.9 Å². The molecular formula is C27H34O11. The standard InChI is InChI=1S/C27H34O11/c1-14-8-9-33-18(29)6-4-5-7-19(30)36-16-10-17-27(13-35-27)25(16,3)26(12-34-23(32)20(14)31)11-15(28)24(2)21(38-24)22(26)37-17/h4-7,14-17,20-22,28,31H,8-13H2,1-3H3/b6-4+,7-5-/t14-,15-,16-,17-,20+,21+,22-,24-,25-,26-,27+/m1/s1. The summed E-state index contributed by atoms with van der Waals surface area (Å²) in [5, 5.41) is 21.9. The van der Waals surface area contributed by atoms with Gasteiger partial charge in [0.15, 0.2) is 6.10 Å². The molecule has 0 unspecified atom stereocenters. The lowest BCUT2D eigenvalue weighted by molar-refractivity contribution is -0.261. The minimum absolute atomic E-state index is 0.00885. The number of rotatable bonds is 0. The normalized spacial score (nSPS) is 53.8. The molecule has 0 aromatic rings. The first-order valence-electron chi connectivity index (χ1n) is 13.2. The number of cyclic esters (lactones) is 2. The van der Waals surface area contributed by atoms with Gasteiger partial charge in [0, 0.05) is 24.0 Å². The molecule has 2 aliphatic carbocycles. The van der Waals surface area contributed by atoms with Gasteiger partial charge in [0.1, 0.15) is 30.0 Å². The molecule has 3 saturated heterocycles. The summed E-state index contributed by atoms with van der Waals surface area (Å²) >= 11 is 0. The molecule has 2 spiro atoms. The third-order valence-corrected chi connectivity index (χ3v) is 10.1. The lowest BCUT2D eigenvalue weighted by Crippen LogP contribution is -2.71. The van der Waals surface area contributed by atoms with Gasteiger partial charge < -0.3 is 38.6 Å². The topological polar surface area (TPSA) is 154 Å². The second-order valence-corrected chi connectivity index (χ2v) is 11.9. The lowest BCUT2D eigenvalue weighted by Gasteiger charge is -2.59. The first-order chi connectivity index (χ1) is 18.0. The number of aliphatic hydroxyl groups excluding tert-OH is 2. The second-order valence-electron chi connectivity index (χ2n) is 11.9. The van der Waals surface area contributed by atoms with Crippen LogP contribution in [0.5, 0.6) is 0 Å². The first-order valence-corrected chi connectivity index (χ1v) is 13.2. The SMILES string of the molecule is C[C@@H]1CCOC(=O)/C=C/C=C\C(=O)O[C@@H]2C[C@H]3O[C@@H]4[C@@H]5O[C@]5(C)[C@H](O)C[C@]4(COC(=O)[C@H]1O)[C@]2(C)[C@]31CO1. The van der Waals surface area contributed by atoms with Crippen LogP contribution in [-0.4, -0.2) is 95.8 Å². The van der Waals surface area contributed by atoms with E-state index in [1.54, 1.807) is 6.92 Å². The van der Waals surface area contributed by atoms with Crippen LogP contribution in [0.1, 0.15) is 40.0 Å². The summed E-state index contributed by atoms with van der Waals surface area (Å²) in [5.74, 6) is -2.60. The third-order valence-electron chi connectivity index (χ3n) is 10.1. The van der Waals surface area contributed by atoms with Gasteiger partial charge in [0.05, 0.1) is 36.9 Å². The van der Waals surface area contributed by atoms with Gasteiger partial charge in [-0.1, -0.05) is 26.0 Å². The molecule has 6 aliphatic rings. The van der Waals surface area contributed by atoms with E-state index < -0.39 is 76.4 Å². The molecule has 0 amide bonds. The first kappa shape index (κ1) is 25.9. The highest BCUT2D eigenvalue weighted by atomic mass is 16.7. The molecule has 11 atom stereocenters. The summed E-state index contributed by atoms with van der Waals surface area (Å²) in [4.78, 5) is 37.8. The number of aliphatic hydroxyl groups is 2. The number of fused-ring (bicyclic) bond motifs is 2. The molecule has 208 valence electrons. The Bertz CT molecular complexity index is 1100. The van der Waals surface area contributed by atoms with Crippen molar-refractivity contribution in [2.45, 2.75) is 87.9 Å². The Morgan fingerprint density at radius 3 is 2.37 bits per heavy atom. The van der Waals surface area contributed by atoms with Crippen LogP contribution in [0.2, 0.25) is 0 Å². The van der Waals surface area contributed by atoms with E-state index in [9.17, 15) is 24.6 Å². The Hall–Kier alpha value is -2.31. The maximum atomic E-state index is 13.0. The maximum Gasteiger partial charge on any atom is 0.335 e. The fourth-order valence-electron chi connectivity index (χ4n) is 7.38. The molecule has 11 nitrogen and oxygen atoms in total. The van der Waals surface area contributed by atoms with Crippen LogP contribution in [0.15, 0.2) is 24.3 Å². The van der Waals surface area contributed by atoms with E-state index in [1.807, 2.05) is 13.8 Å². The van der Waals surface area contributed by atoms with Crippen LogP contribution < -0.4 is 0 Å². The Kier molecular flexibility index (Phi) is 5.87. The van der Waals surface area contributed by atoms with Crippen molar-refractivity contribution >= 4 is 17.9 Å². The number of ether oxygens (including phenoxy) is 6. The third kappa shape index (κ3) is 3.48. The van der Waals surface area contributed by atoms with Crippen molar-refractivity contribution < 1.29 is 53.0 Å². The average molecular weight is 535 g/mol. The summed E-state index contributed by atoms with van der Waals surface area (Å²) < 4.78 is 35.5. The van der Waals surface area contributed by atoms with Gasteiger partial charge in [-0.05, 0) is 25.7 Å². The molecule has 0 aromatic carbocycles. The smallest absolute Gasteiger partial charge is 0.335 e. The van der Waals surface area contributed by atoms with E-state index >= 15 is 0 Å². The molecule has 2 saturated carbocycles. The number of epoxide rings is 2. The van der Waals surface area contributed by atoms with Gasteiger partial charge in [-0.15, -0.1) is 0 Å². The molecule has 2 N–H and O–H groups in total. The van der Waals surface area contributed by atoms with Crippen molar-refractivity contribution in [1.29, 1.82) is 0 Å². The van der Waals surface area contributed by atoms with Gasteiger partial charge in [-0.25, -0.2) is 14.4 Å². The monoisotopic (exact) mass is 534 g/mol. The van der Waals surface area contributed by atoms with Crippen LogP contribution >= 0.6 is 0 Å². The van der Waals surface area contributed by atoms with Crippen molar-refractivity contribution in [3.63, 3.8) is 0 Å². The van der Waals surface area contributed by atoms with Crippen molar-refractivity contribution in [1.82, 2.24) is 0 Å². The van der Waals surface area contributed by atoms with Gasteiger partial charge in [-0.2, -0.15) is 0 Å². The fraction of sp³-hybridized carbons (Fsp3) is 0.741. The Morgan fingerprint density at radius 1 is 0.947 bits per heavy atom. The van der Waals surface area contributed by atoms with E-state index in [4.69, 9.17) is 28.4 Å². The van der Waals surface area contributed by atoms with E-state index in [0.717, 1.165) is 0 Å². The van der Waals surface area contributed by atoms with Crippen LogP contribution in [0.4, 0.5) is 0 Å². The molecule has 0 aromatic heterocycles. The quantitative estimate of drug-likeness (QED) is 0.251. The largest absolute Gasteiger partial charge is 0.463 e. The number of carbonyl (C=O) groups is 3. The van der Waals surface area contributed by atoms with Crippen LogP contribution in [0, 0.1) is 16.7 Å². The fourth-order valence-corrected chi connectivity index (χ4v) is 7.38. The zero-order chi connectivity index (χ0) is 27.1. The Labute approximate surface area is 220 Å². The zero-order valence-electron chi connectivity index (χ0n) is 21.7. The molecule has 0 radical (unpaired) electrons. The highest BCUT2D eigenvalue weighted by Gasteiger charge is 2.87. The average Bonchev–Trinajstić information content (AvgIpc) is 3.78. The number of hydrogen-bond donors (Lipinski definition) is 2. The van der Waals surface area contributed by atoms with Crippen LogP contribution in [0.3, 0.4) is 0 Å². The van der Waals surface area contributed by atoms with E-state index in [1.165, 1.54) is 24.3 Å². The number of esters is 3. The number of hydrogen-bond acceptors (Lipinski definition) is 11. The summed E-state index contributed by atoms with van der Waals surface area (Å²) in [6, 6.07) is 0. The second kappa shape index (κ2) is 8.59. The molecular weight excluding hydrogens is 500 g/mol. The summed E-state index contributed by atoms with van der Waals surface area (Å²) in [6.45, 7) is 5.64. The summed E-state index contributed by atoms with van der Waals surface area (Å²) in [6.07, 6.45) is 1.58. The van der Waals surface area contributed by atoms with Gasteiger partial charge in [0.2, 0.25) is 0 Å². The predicted molar refractivity (Wildman–Crippen MR) is 126 cm³/mol. The predicted octanol–water partition coefficient (Wildman–Crippen LogP) is 0.353. The molecule has 4 aliphatic heterocycles. The molecule has 4 heterocycles. The van der Waals surface area contributed by atoms with E-state index in [-0.39, 0.29) is 32.2 Å². The van der Waals surface area contributed by atoms with E-state index in [0.29, 0.717) is 13.0 Å². The molecule has 5 fully saturated rings. The van der Waals surface area contributed by atoms with Crippen molar-refractivity contribution in [3.8, 4) is 0 Å². The van der Waals surface area contributed by atoms with Crippen LogP contribution in [-0.2, 0) is 42.8 Å². The minimum atomic E-state index is -1.45. The highest BCUT2D eigenvalue weighted by molar-refractivity contribution is 5.84. The van der Waals surface area contributed by atoms with Crippen molar-refractivity contribution in [3.05, 3.63) is 24.3 Å².